The van der Waals surface area contributed by atoms with Crippen molar-refractivity contribution in [3.05, 3.63) is 12.2 Å². The molecule has 0 aromatic heterocycles. The van der Waals surface area contributed by atoms with Crippen LogP contribution in [0.15, 0.2) is 12.2 Å². The number of aliphatic hydroxyl groups excluding tert-OH is 19. The van der Waals surface area contributed by atoms with Crippen molar-refractivity contribution in [2.24, 2.45) is 0 Å². The number of rotatable bonds is 53. The van der Waals surface area contributed by atoms with E-state index in [0.29, 0.717) is 12.8 Å². The molecule has 116 heavy (non-hydrogen) atoms. The van der Waals surface area contributed by atoms with Gasteiger partial charge in [0.25, 0.3) is 5.79 Å². The second-order valence-electron chi connectivity index (χ2n) is 31.4. The maximum Gasteiger partial charge on any atom is 0.364 e. The van der Waals surface area contributed by atoms with Crippen molar-refractivity contribution in [3.63, 3.8) is 0 Å². The van der Waals surface area contributed by atoms with Crippen molar-refractivity contribution in [3.8, 4) is 0 Å². The van der Waals surface area contributed by atoms with Crippen LogP contribution in [0.2, 0.25) is 0 Å². The van der Waals surface area contributed by atoms with Crippen LogP contribution in [0, 0.1) is 0 Å². The minimum Gasteiger partial charge on any atom is -0.477 e. The van der Waals surface area contributed by atoms with Crippen LogP contribution in [0.1, 0.15) is 201 Å². The molecule has 0 saturated carbocycles. The van der Waals surface area contributed by atoms with E-state index >= 15 is 0 Å². The van der Waals surface area contributed by atoms with E-state index in [1.165, 1.54) is 96.3 Å². The number of ether oxygens (including phenoxy) is 12. The lowest BCUT2D eigenvalue weighted by molar-refractivity contribution is -0.390. The minimum absolute atomic E-state index is 0.159. The van der Waals surface area contributed by atoms with E-state index in [2.05, 4.69) is 29.8 Å². The van der Waals surface area contributed by atoms with E-state index in [1.807, 2.05) is 6.08 Å². The second-order valence-corrected chi connectivity index (χ2v) is 31.4. The Hall–Kier alpha value is -3.62. The van der Waals surface area contributed by atoms with Crippen LogP contribution >= 0.6 is 0 Å². The monoisotopic (exact) mass is 1680 g/mol. The third-order valence-corrected chi connectivity index (χ3v) is 22.2. The number of aliphatic hydroxyl groups is 19. The molecule has 6 aliphatic rings. The highest BCUT2D eigenvalue weighted by atomic mass is 16.8. The third-order valence-electron chi connectivity index (χ3n) is 22.2. The van der Waals surface area contributed by atoms with Gasteiger partial charge in [0.1, 0.15) is 140 Å². The third kappa shape index (κ3) is 29.6. The molecule has 6 saturated heterocycles. The Morgan fingerprint density at radius 3 is 1.35 bits per heavy atom. The fraction of sp³-hybridized carbons (Fsp3) is 0.922. The van der Waals surface area contributed by atoms with E-state index in [0.717, 1.165) is 65.2 Å². The summed E-state index contributed by atoms with van der Waals surface area (Å²) in [4.78, 5) is 51.6. The van der Waals surface area contributed by atoms with Gasteiger partial charge in [0.15, 0.2) is 31.5 Å². The Morgan fingerprint density at radius 1 is 0.457 bits per heavy atom. The summed E-state index contributed by atoms with van der Waals surface area (Å²) in [6.45, 7) is -0.619. The van der Waals surface area contributed by atoms with Crippen LogP contribution in [0.25, 0.3) is 0 Å². The van der Waals surface area contributed by atoms with Gasteiger partial charge < -0.3 is 175 Å². The smallest absolute Gasteiger partial charge is 0.364 e. The number of unbranched alkanes of at least 4 members (excludes halogenated alkanes) is 23. The Labute approximate surface area is 676 Å². The molecule has 6 heterocycles. The first kappa shape index (κ1) is 101. The summed E-state index contributed by atoms with van der Waals surface area (Å²) >= 11 is 0. The van der Waals surface area contributed by atoms with Crippen molar-refractivity contribution in [1.29, 1.82) is 0 Å². The zero-order valence-corrected chi connectivity index (χ0v) is 67.1. The first-order valence-electron chi connectivity index (χ1n) is 41.6. The molecule has 12 unspecified atom stereocenters. The summed E-state index contributed by atoms with van der Waals surface area (Å²) in [5.74, 6) is -7.14. The van der Waals surface area contributed by atoms with E-state index < -0.39 is 272 Å². The average Bonchev–Trinajstić information content (AvgIpc) is 0.769. The molecule has 39 heteroatoms. The van der Waals surface area contributed by atoms with Crippen molar-refractivity contribution in [2.45, 2.75) is 403 Å². The summed E-state index contributed by atoms with van der Waals surface area (Å²) in [6.07, 6.45) is -28.6. The highest BCUT2D eigenvalue weighted by Gasteiger charge is 2.60. The van der Waals surface area contributed by atoms with Crippen molar-refractivity contribution < 1.29 is 178 Å². The van der Waals surface area contributed by atoms with Gasteiger partial charge in [-0.05, 0) is 19.3 Å². The summed E-state index contributed by atoms with van der Waals surface area (Å²) < 4.78 is 70.4. The van der Waals surface area contributed by atoms with Gasteiger partial charge in [-0.15, -0.1) is 0 Å². The van der Waals surface area contributed by atoms with Crippen LogP contribution in [-0.4, -0.2) is 374 Å². The zero-order chi connectivity index (χ0) is 85.3. The molecular formula is C77H137N3O36. The van der Waals surface area contributed by atoms with Gasteiger partial charge >= 0.3 is 5.97 Å². The molecular weight excluding hydrogens is 1540 g/mol. The number of nitrogens with one attached hydrogen (secondary N) is 3. The normalized spacial score (nSPS) is 36.9. The van der Waals surface area contributed by atoms with Crippen LogP contribution in [0.4, 0.5) is 0 Å². The molecule has 33 atom stereocenters. The fourth-order valence-corrected chi connectivity index (χ4v) is 15.3. The molecule has 39 nitrogen and oxygen atoms in total. The Balaban J connectivity index is 1.13. The molecule has 0 aromatic carbocycles. The molecule has 0 aliphatic carbocycles. The number of carboxylic acid groups (broad SMARTS) is 1. The first-order chi connectivity index (χ1) is 55.5. The predicted octanol–water partition coefficient (Wildman–Crippen LogP) is -4.00. The van der Waals surface area contributed by atoms with Crippen LogP contribution in [-0.2, 0) is 76.0 Å². The number of hydrogen-bond acceptors (Lipinski definition) is 35. The highest BCUT2D eigenvalue weighted by Crippen LogP contribution is 2.39. The van der Waals surface area contributed by atoms with Gasteiger partial charge in [-0.25, -0.2) is 4.79 Å². The van der Waals surface area contributed by atoms with Crippen molar-refractivity contribution >= 4 is 23.7 Å². The minimum atomic E-state index is -3.03. The number of carbonyl (C=O) groups is 4. The van der Waals surface area contributed by atoms with Crippen molar-refractivity contribution in [2.75, 3.05) is 46.2 Å². The maximum atomic E-state index is 13.5. The lowest BCUT2D eigenvalue weighted by Gasteiger charge is -2.50. The summed E-state index contributed by atoms with van der Waals surface area (Å²) in [6, 6.07) is -4.64. The van der Waals surface area contributed by atoms with E-state index in [9.17, 15) is 121 Å². The number of carbonyl (C=O) groups excluding carboxylic acids is 3. The standard InChI is InChI=1S/C77H137N3O36/c1-5-7-9-11-13-15-17-19-21-23-25-27-29-31-44(88)43(80-52(91)32-30-28-26-24-22-20-18-16-14-12-10-8-6-2)39-105-72-63(100)61(98)66(50(38-85)110-72)112-74-65(102)70(59(96)49(37-84)108-74)115-75-64(101)69(58(95)48(36-83)109-75)114-71-54(79-42(4)87)67(57(94)47(35-82)107-71)113-73-62(99)60(97)56(93)51(111-73)40-106-77(76(103)104)33-45(89)53(78-41(3)86)68(116-77)55(92)46(90)34-81/h29,31,43-51,53-75,81-85,88-90,92-102H,5-28,30,32-40H2,1-4H3,(H,78,86)(H,79,87)(H,80,91)(H,103,104)/b31-29+/t43-,44+,45?,46+,47?,48?,49?,50?,51?,53+,54?,55+,56-,57-,58-,59-,60-,61+,62?,63?,64?,65?,66+,67+,68?,69-,70-,71-,72+,73-,74-,75+,77+/m0/s1. The quantitative estimate of drug-likeness (QED) is 0.0204. The number of hydrogen-bond donors (Lipinski definition) is 23. The van der Waals surface area contributed by atoms with Gasteiger partial charge in [0.2, 0.25) is 17.7 Å². The van der Waals surface area contributed by atoms with Gasteiger partial charge in [0.05, 0.1) is 70.5 Å². The van der Waals surface area contributed by atoms with E-state index in [-0.39, 0.29) is 12.3 Å². The lowest BCUT2D eigenvalue weighted by Crippen LogP contribution is -2.70. The zero-order valence-electron chi connectivity index (χ0n) is 67.1. The first-order valence-corrected chi connectivity index (χ1v) is 41.6. The molecule has 6 aliphatic heterocycles. The van der Waals surface area contributed by atoms with E-state index in [1.54, 1.807) is 6.08 Å². The van der Waals surface area contributed by atoms with Gasteiger partial charge in [-0.2, -0.15) is 0 Å². The molecule has 0 aromatic rings. The van der Waals surface area contributed by atoms with Crippen LogP contribution in [0.5, 0.6) is 0 Å². The summed E-state index contributed by atoms with van der Waals surface area (Å²) in [5.41, 5.74) is 0. The molecule has 6 fully saturated rings. The van der Waals surface area contributed by atoms with Gasteiger partial charge in [0, 0.05) is 26.7 Å². The fourth-order valence-electron chi connectivity index (χ4n) is 15.3. The Morgan fingerprint density at radius 2 is 0.871 bits per heavy atom. The Bertz CT molecular complexity index is 2800. The molecule has 0 spiro atoms. The predicted molar refractivity (Wildman–Crippen MR) is 402 cm³/mol. The van der Waals surface area contributed by atoms with Crippen LogP contribution < -0.4 is 16.0 Å². The number of amides is 3. The van der Waals surface area contributed by atoms with Crippen LogP contribution in [0.3, 0.4) is 0 Å². The molecule has 23 N–H and O–H groups in total. The average molecular weight is 1680 g/mol. The largest absolute Gasteiger partial charge is 0.477 e. The maximum absolute atomic E-state index is 13.5. The molecule has 676 valence electrons. The Kier molecular flexibility index (Phi) is 45.5. The highest BCUT2D eigenvalue weighted by molar-refractivity contribution is 5.77. The van der Waals surface area contributed by atoms with Crippen molar-refractivity contribution in [1.82, 2.24) is 16.0 Å². The molecule has 3 amide bonds. The van der Waals surface area contributed by atoms with E-state index in [4.69, 9.17) is 56.8 Å². The summed E-state index contributed by atoms with van der Waals surface area (Å²) in [5, 5.41) is 230. The van der Waals surface area contributed by atoms with Gasteiger partial charge in [-0.1, -0.05) is 167 Å². The SMILES string of the molecule is CCCCCCCCCCCCC/C=C/[C@@H](O)[C@H](CO[C@@H]1OC(CO)[C@@H](O[C@@H]2OC(CO)[C@H](O)[C@H](O[C@H]3OC(CO)[C@H](O)[C@H](O[C@@H]4OC(CO)[C@H](O)[C@H](O[C@@H]5OC(CO[C@]6(C(=O)O)CC(O)[C@@H](NC(C)=O)C([C@H](O)[C@H](O)CO)O6)[C@H](O)[C@H](O)C5O)C4NC(C)=O)C3O)C2O)[C@H](O)C1O)NC(=O)CCCCCCCCCCCCCCC. The number of carboxylic acids is 1. The summed E-state index contributed by atoms with van der Waals surface area (Å²) in [7, 11) is 0. The lowest BCUT2D eigenvalue weighted by atomic mass is 9.88. The molecule has 0 bridgehead atoms. The molecule has 0 radical (unpaired) electrons. The molecule has 6 rings (SSSR count). The second kappa shape index (κ2) is 52.1. The van der Waals surface area contributed by atoms with Gasteiger partial charge in [-0.3, -0.25) is 14.4 Å². The number of aliphatic carboxylic acids is 1. The number of allylic oxidation sites excluding steroid dienone is 1. The topological polar surface area (TPSA) is 620 Å².